The number of amides is 1. The number of hydrogen-bond acceptors (Lipinski definition) is 5. The first-order valence-corrected chi connectivity index (χ1v) is 8.97. The normalized spacial score (nSPS) is 24.9. The predicted molar refractivity (Wildman–Crippen MR) is 98.3 cm³/mol. The van der Waals surface area contributed by atoms with Crippen molar-refractivity contribution >= 4 is 17.8 Å². The highest BCUT2D eigenvalue weighted by molar-refractivity contribution is 5.75. The fraction of sp³-hybridized carbons (Fsp3) is 0.722. The maximum absolute atomic E-state index is 11.6. The lowest BCUT2D eigenvalue weighted by molar-refractivity contribution is -0.192. The molecule has 0 aromatic heterocycles. The van der Waals surface area contributed by atoms with E-state index in [2.05, 4.69) is 10.6 Å². The van der Waals surface area contributed by atoms with Gasteiger partial charge in [0.1, 0.15) is 6.04 Å². The number of hydrogen-bond donors (Lipinski definition) is 4. The van der Waals surface area contributed by atoms with Crippen molar-refractivity contribution in [2.24, 2.45) is 5.92 Å². The molecule has 0 spiro atoms. The lowest BCUT2D eigenvalue weighted by Crippen LogP contribution is -2.62. The molecule has 0 aliphatic carbocycles. The fourth-order valence-corrected chi connectivity index (χ4v) is 3.14. The first-order chi connectivity index (χ1) is 13.2. The number of carboxylic acid groups (broad SMARTS) is 2. The van der Waals surface area contributed by atoms with Crippen LogP contribution in [0.2, 0.25) is 0 Å². The summed E-state index contributed by atoms with van der Waals surface area (Å²) in [6.07, 6.45) is 0.0442. The third-order valence-corrected chi connectivity index (χ3v) is 4.89. The van der Waals surface area contributed by atoms with Crippen LogP contribution in [0.5, 0.6) is 0 Å². The lowest BCUT2D eigenvalue weighted by Gasteiger charge is -2.41. The molecule has 1 fully saturated rings. The van der Waals surface area contributed by atoms with Crippen LogP contribution in [0.25, 0.3) is 0 Å². The molecule has 8 nitrogen and oxygen atoms in total. The van der Waals surface area contributed by atoms with Crippen molar-refractivity contribution in [2.45, 2.75) is 70.4 Å². The number of allylic oxidation sites excluding steroid dienone is 1. The topological polar surface area (TPSA) is 125 Å². The Morgan fingerprint density at radius 3 is 2.14 bits per heavy atom. The highest BCUT2D eigenvalue weighted by atomic mass is 19.4. The van der Waals surface area contributed by atoms with Crippen LogP contribution in [-0.4, -0.2) is 65.1 Å². The summed E-state index contributed by atoms with van der Waals surface area (Å²) in [5.74, 6) is -3.74. The summed E-state index contributed by atoms with van der Waals surface area (Å²) < 4.78 is 37.4. The Morgan fingerprint density at radius 1 is 1.31 bits per heavy atom. The number of halogens is 3. The van der Waals surface area contributed by atoms with E-state index >= 15 is 0 Å². The summed E-state index contributed by atoms with van der Waals surface area (Å²) in [5, 5.41) is 22.5. The van der Waals surface area contributed by atoms with Gasteiger partial charge in [-0.3, -0.25) is 14.9 Å². The molecule has 29 heavy (non-hydrogen) atoms. The van der Waals surface area contributed by atoms with Gasteiger partial charge in [0, 0.05) is 20.1 Å². The Balaban J connectivity index is 0.000000956. The minimum absolute atomic E-state index is 0.0315. The van der Waals surface area contributed by atoms with Gasteiger partial charge in [0.05, 0.1) is 11.6 Å². The van der Waals surface area contributed by atoms with Crippen LogP contribution in [0.3, 0.4) is 0 Å². The smallest absolute Gasteiger partial charge is 0.480 e. The summed E-state index contributed by atoms with van der Waals surface area (Å²) in [6.45, 7) is 7.31. The summed E-state index contributed by atoms with van der Waals surface area (Å²) in [6, 6.07) is -1.11. The Kier molecular flexibility index (Phi) is 10.3. The van der Waals surface area contributed by atoms with Crippen molar-refractivity contribution in [2.75, 3.05) is 7.11 Å². The molecule has 0 aromatic carbocycles. The van der Waals surface area contributed by atoms with Crippen molar-refractivity contribution in [3.8, 4) is 0 Å². The second-order valence-electron chi connectivity index (χ2n) is 6.86. The zero-order valence-electron chi connectivity index (χ0n) is 17.0. The number of ether oxygens (including phenoxy) is 1. The van der Waals surface area contributed by atoms with Crippen molar-refractivity contribution in [1.82, 2.24) is 10.6 Å². The first kappa shape index (κ1) is 26.9. The molecule has 0 aromatic rings. The van der Waals surface area contributed by atoms with E-state index in [0.717, 1.165) is 0 Å². The molecule has 0 radical (unpaired) electrons. The van der Waals surface area contributed by atoms with Crippen molar-refractivity contribution in [3.63, 3.8) is 0 Å². The van der Waals surface area contributed by atoms with Gasteiger partial charge in [0.15, 0.2) is 0 Å². The van der Waals surface area contributed by atoms with E-state index in [1.54, 1.807) is 7.11 Å². The standard InChI is InChI=1S/C16H28N2O4.C2HF3O2/c1-6-8-11-9-12(15(20)21)18-13(11)14(17-10(3)19)16(4,7-2)22-5;3-2(4,5)1(6)7/h6,8,11-14,18H,7,9H2,1-5H3,(H,17,19)(H,20,21);(H,6,7)/b8-6-;/t11-,12-,13-,14-,16+;/m1./s1. The van der Waals surface area contributed by atoms with Crippen LogP contribution < -0.4 is 10.6 Å². The minimum atomic E-state index is -5.08. The van der Waals surface area contributed by atoms with Gasteiger partial charge in [0.25, 0.3) is 0 Å². The van der Waals surface area contributed by atoms with Gasteiger partial charge < -0.3 is 20.3 Å². The van der Waals surface area contributed by atoms with E-state index in [-0.39, 0.29) is 23.9 Å². The highest BCUT2D eigenvalue weighted by Crippen LogP contribution is 2.31. The maximum atomic E-state index is 11.6. The van der Waals surface area contributed by atoms with E-state index in [1.165, 1.54) is 6.92 Å². The van der Waals surface area contributed by atoms with Gasteiger partial charge in [-0.2, -0.15) is 13.2 Å². The Bertz CT molecular complexity index is 605. The van der Waals surface area contributed by atoms with E-state index in [9.17, 15) is 27.9 Å². The van der Waals surface area contributed by atoms with Gasteiger partial charge in [-0.1, -0.05) is 19.1 Å². The van der Waals surface area contributed by atoms with Crippen LogP contribution in [0.1, 0.15) is 40.5 Å². The van der Waals surface area contributed by atoms with Gasteiger partial charge in [-0.15, -0.1) is 0 Å². The van der Waals surface area contributed by atoms with Crippen molar-refractivity contribution in [3.05, 3.63) is 12.2 Å². The molecule has 1 aliphatic rings. The average Bonchev–Trinajstić information content (AvgIpc) is 3.03. The molecular weight excluding hydrogens is 397 g/mol. The zero-order chi connectivity index (χ0) is 23.0. The molecule has 1 heterocycles. The molecule has 1 aliphatic heterocycles. The Morgan fingerprint density at radius 2 is 1.83 bits per heavy atom. The van der Waals surface area contributed by atoms with E-state index < -0.39 is 29.8 Å². The van der Waals surface area contributed by atoms with Crippen LogP contribution in [0, 0.1) is 5.92 Å². The number of aliphatic carboxylic acids is 2. The molecule has 1 rings (SSSR count). The second-order valence-corrected chi connectivity index (χ2v) is 6.86. The Labute approximate surface area is 167 Å². The fourth-order valence-electron chi connectivity index (χ4n) is 3.14. The van der Waals surface area contributed by atoms with Crippen LogP contribution in [-0.2, 0) is 19.1 Å². The summed E-state index contributed by atoms with van der Waals surface area (Å²) in [4.78, 5) is 31.9. The van der Waals surface area contributed by atoms with E-state index in [4.69, 9.17) is 14.6 Å². The van der Waals surface area contributed by atoms with Gasteiger partial charge in [-0.25, -0.2) is 4.79 Å². The molecular formula is C18H29F3N2O6. The quantitative estimate of drug-likeness (QED) is 0.459. The molecule has 4 N–H and O–H groups in total. The van der Waals surface area contributed by atoms with E-state index in [0.29, 0.717) is 12.8 Å². The zero-order valence-corrected chi connectivity index (χ0v) is 17.0. The van der Waals surface area contributed by atoms with E-state index in [1.807, 2.05) is 32.9 Å². The van der Waals surface area contributed by atoms with Crippen LogP contribution in [0.4, 0.5) is 13.2 Å². The largest absolute Gasteiger partial charge is 0.490 e. The molecule has 5 atom stereocenters. The molecule has 11 heteroatoms. The molecule has 1 saturated heterocycles. The number of alkyl halides is 3. The molecule has 0 bridgehead atoms. The Hall–Kier alpha value is -2.14. The van der Waals surface area contributed by atoms with Gasteiger partial charge >= 0.3 is 18.1 Å². The molecule has 0 saturated carbocycles. The number of rotatable bonds is 7. The second kappa shape index (κ2) is 11.1. The summed E-state index contributed by atoms with van der Waals surface area (Å²) in [7, 11) is 1.62. The van der Waals surface area contributed by atoms with Crippen molar-refractivity contribution in [1.29, 1.82) is 0 Å². The summed E-state index contributed by atoms with van der Waals surface area (Å²) >= 11 is 0. The monoisotopic (exact) mass is 426 g/mol. The SMILES string of the molecule is C/C=C\[C@@H]1C[C@H](C(=O)O)N[C@H]1[C@@H](NC(C)=O)[C@](C)(CC)OC.O=C(O)C(F)(F)F. The molecule has 0 unspecified atom stereocenters. The maximum Gasteiger partial charge on any atom is 0.490 e. The van der Waals surface area contributed by atoms with Crippen LogP contribution in [0.15, 0.2) is 12.2 Å². The lowest BCUT2D eigenvalue weighted by atomic mass is 9.82. The number of nitrogens with one attached hydrogen (secondary N) is 2. The number of carbonyl (C=O) groups is 3. The van der Waals surface area contributed by atoms with Crippen LogP contribution >= 0.6 is 0 Å². The third-order valence-electron chi connectivity index (χ3n) is 4.89. The predicted octanol–water partition coefficient (Wildman–Crippen LogP) is 1.95. The number of carboxylic acids is 2. The highest BCUT2D eigenvalue weighted by Gasteiger charge is 2.47. The van der Waals surface area contributed by atoms with Crippen molar-refractivity contribution < 1.29 is 42.5 Å². The average molecular weight is 426 g/mol. The summed E-state index contributed by atoms with van der Waals surface area (Å²) in [5.41, 5.74) is -0.573. The first-order valence-electron chi connectivity index (χ1n) is 8.97. The number of methoxy groups -OCH3 is 1. The number of carbonyl (C=O) groups excluding carboxylic acids is 1. The van der Waals surface area contributed by atoms with Gasteiger partial charge in [-0.05, 0) is 32.6 Å². The molecule has 1 amide bonds. The van der Waals surface area contributed by atoms with Gasteiger partial charge in [0.2, 0.25) is 5.91 Å². The molecule has 168 valence electrons. The third kappa shape index (κ3) is 8.01. The minimum Gasteiger partial charge on any atom is -0.480 e.